The van der Waals surface area contributed by atoms with Gasteiger partial charge in [0, 0.05) is 24.3 Å². The number of carbonyl (C=O) groups is 1. The van der Waals surface area contributed by atoms with Crippen molar-refractivity contribution in [1.82, 2.24) is 20.1 Å². The molecule has 0 aliphatic heterocycles. The summed E-state index contributed by atoms with van der Waals surface area (Å²) in [4.78, 5) is 18.9. The molecular formula is C22H27N5O. The predicted molar refractivity (Wildman–Crippen MR) is 112 cm³/mol. The van der Waals surface area contributed by atoms with Crippen LogP contribution in [-0.2, 0) is 0 Å². The third-order valence-electron chi connectivity index (χ3n) is 4.79. The van der Waals surface area contributed by atoms with E-state index in [0.29, 0.717) is 5.56 Å². The molecule has 1 atom stereocenters. The average Bonchev–Trinajstić information content (AvgIpc) is 3.27. The first-order chi connectivity index (χ1) is 13.6. The molecule has 1 amide bonds. The van der Waals surface area contributed by atoms with Crippen LogP contribution < -0.4 is 10.2 Å². The van der Waals surface area contributed by atoms with E-state index in [1.807, 2.05) is 55.5 Å². The van der Waals surface area contributed by atoms with Gasteiger partial charge in [-0.25, -0.2) is 9.67 Å². The molecular weight excluding hydrogens is 350 g/mol. The number of hydrogen-bond acceptors (Lipinski definition) is 4. The van der Waals surface area contributed by atoms with E-state index in [-0.39, 0.29) is 11.9 Å². The van der Waals surface area contributed by atoms with E-state index < -0.39 is 0 Å². The van der Waals surface area contributed by atoms with E-state index in [1.165, 1.54) is 6.33 Å². The first-order valence-electron chi connectivity index (χ1n) is 9.73. The lowest BCUT2D eigenvalue weighted by Crippen LogP contribution is -2.27. The molecule has 0 saturated carbocycles. The number of carbonyl (C=O) groups excluding carboxylic acids is 1. The van der Waals surface area contributed by atoms with Gasteiger partial charge in [0.05, 0.1) is 11.7 Å². The number of aromatic nitrogens is 3. The molecule has 2 aromatic carbocycles. The van der Waals surface area contributed by atoms with E-state index in [4.69, 9.17) is 0 Å². The highest BCUT2D eigenvalue weighted by molar-refractivity contribution is 5.94. The fourth-order valence-corrected chi connectivity index (χ4v) is 3.18. The van der Waals surface area contributed by atoms with Crippen LogP contribution in [0.5, 0.6) is 0 Å². The third kappa shape index (κ3) is 4.57. The van der Waals surface area contributed by atoms with Crippen LogP contribution in [0.25, 0.3) is 5.69 Å². The molecule has 0 saturated heterocycles. The number of amides is 1. The number of rotatable bonds is 8. The average molecular weight is 377 g/mol. The van der Waals surface area contributed by atoms with Gasteiger partial charge in [-0.05, 0) is 62.2 Å². The van der Waals surface area contributed by atoms with Gasteiger partial charge in [-0.3, -0.25) is 4.79 Å². The highest BCUT2D eigenvalue weighted by atomic mass is 16.1. The summed E-state index contributed by atoms with van der Waals surface area (Å²) in [6, 6.07) is 15.7. The number of hydrogen-bond donors (Lipinski definition) is 1. The minimum absolute atomic E-state index is 0.0713. The Balaban J connectivity index is 1.63. The highest BCUT2D eigenvalue weighted by Crippen LogP contribution is 2.18. The van der Waals surface area contributed by atoms with Crippen molar-refractivity contribution in [2.24, 2.45) is 0 Å². The third-order valence-corrected chi connectivity index (χ3v) is 4.79. The standard InChI is InChI=1S/C22H27N5O/c1-4-14-26(5-2)20-10-8-19(9-11-20)22(28)25-17(3)18-6-12-21(13-7-18)27-16-23-15-24-27/h6-13,15-17H,4-5,14H2,1-3H3,(H,25,28). The largest absolute Gasteiger partial charge is 0.372 e. The summed E-state index contributed by atoms with van der Waals surface area (Å²) >= 11 is 0. The van der Waals surface area contributed by atoms with Gasteiger partial charge in [-0.2, -0.15) is 5.10 Å². The Morgan fingerprint density at radius 3 is 2.39 bits per heavy atom. The maximum Gasteiger partial charge on any atom is 0.251 e. The van der Waals surface area contributed by atoms with E-state index in [2.05, 4.69) is 34.1 Å². The first-order valence-corrected chi connectivity index (χ1v) is 9.73. The molecule has 0 radical (unpaired) electrons. The first kappa shape index (κ1) is 19.6. The van der Waals surface area contributed by atoms with Crippen LogP contribution in [0.15, 0.2) is 61.2 Å². The van der Waals surface area contributed by atoms with Crippen LogP contribution in [0.2, 0.25) is 0 Å². The molecule has 1 aromatic heterocycles. The molecule has 0 fully saturated rings. The maximum absolute atomic E-state index is 12.6. The lowest BCUT2D eigenvalue weighted by molar-refractivity contribution is 0.0940. The van der Waals surface area contributed by atoms with Crippen LogP contribution in [0.1, 0.15) is 49.2 Å². The summed E-state index contributed by atoms with van der Waals surface area (Å²) in [5.41, 5.74) is 3.79. The van der Waals surface area contributed by atoms with Crippen molar-refractivity contribution < 1.29 is 4.79 Å². The minimum atomic E-state index is -0.0933. The SMILES string of the molecule is CCCN(CC)c1ccc(C(=O)NC(C)c2ccc(-n3cncn3)cc2)cc1. The van der Waals surface area contributed by atoms with Crippen molar-refractivity contribution in [2.75, 3.05) is 18.0 Å². The molecule has 1 unspecified atom stereocenters. The van der Waals surface area contributed by atoms with Crippen LogP contribution in [0.3, 0.4) is 0 Å². The Labute approximate surface area is 166 Å². The highest BCUT2D eigenvalue weighted by Gasteiger charge is 2.12. The van der Waals surface area contributed by atoms with Crippen molar-refractivity contribution in [3.8, 4) is 5.69 Å². The molecule has 6 nitrogen and oxygen atoms in total. The molecule has 1 heterocycles. The van der Waals surface area contributed by atoms with Crippen molar-refractivity contribution in [3.63, 3.8) is 0 Å². The molecule has 0 aliphatic carbocycles. The van der Waals surface area contributed by atoms with Gasteiger partial charge >= 0.3 is 0 Å². The van der Waals surface area contributed by atoms with Gasteiger partial charge in [0.25, 0.3) is 5.91 Å². The van der Waals surface area contributed by atoms with E-state index in [9.17, 15) is 4.79 Å². The second-order valence-corrected chi connectivity index (χ2v) is 6.75. The molecule has 3 rings (SSSR count). The van der Waals surface area contributed by atoms with Gasteiger partial charge in [0.1, 0.15) is 12.7 Å². The Hall–Kier alpha value is -3.15. The Morgan fingerprint density at radius 1 is 1.11 bits per heavy atom. The molecule has 0 bridgehead atoms. The van der Waals surface area contributed by atoms with Crippen molar-refractivity contribution in [2.45, 2.75) is 33.2 Å². The topological polar surface area (TPSA) is 63.1 Å². The molecule has 146 valence electrons. The molecule has 1 N–H and O–H groups in total. The smallest absolute Gasteiger partial charge is 0.251 e. The van der Waals surface area contributed by atoms with Crippen LogP contribution in [0.4, 0.5) is 5.69 Å². The monoisotopic (exact) mass is 377 g/mol. The van der Waals surface area contributed by atoms with Crippen molar-refractivity contribution in [1.29, 1.82) is 0 Å². The Bertz CT molecular complexity index is 872. The Morgan fingerprint density at radius 2 is 1.82 bits per heavy atom. The summed E-state index contributed by atoms with van der Waals surface area (Å²) in [7, 11) is 0. The van der Waals surface area contributed by atoms with E-state index >= 15 is 0 Å². The summed E-state index contributed by atoms with van der Waals surface area (Å²) < 4.78 is 1.70. The number of nitrogens with zero attached hydrogens (tertiary/aromatic N) is 4. The van der Waals surface area contributed by atoms with E-state index in [0.717, 1.165) is 36.4 Å². The fourth-order valence-electron chi connectivity index (χ4n) is 3.18. The van der Waals surface area contributed by atoms with Crippen LogP contribution in [0, 0.1) is 0 Å². The summed E-state index contributed by atoms with van der Waals surface area (Å²) in [5, 5.41) is 7.19. The predicted octanol–water partition coefficient (Wildman–Crippen LogP) is 3.99. The summed E-state index contributed by atoms with van der Waals surface area (Å²) in [5.74, 6) is -0.0713. The fraction of sp³-hybridized carbons (Fsp3) is 0.318. The zero-order valence-electron chi connectivity index (χ0n) is 16.7. The van der Waals surface area contributed by atoms with Crippen molar-refractivity contribution >= 4 is 11.6 Å². The van der Waals surface area contributed by atoms with Gasteiger partial charge in [-0.15, -0.1) is 0 Å². The number of benzene rings is 2. The van der Waals surface area contributed by atoms with Crippen LogP contribution in [-0.4, -0.2) is 33.8 Å². The van der Waals surface area contributed by atoms with Gasteiger partial charge in [0.2, 0.25) is 0 Å². The maximum atomic E-state index is 12.6. The second-order valence-electron chi connectivity index (χ2n) is 6.75. The summed E-state index contributed by atoms with van der Waals surface area (Å²) in [6.45, 7) is 8.28. The van der Waals surface area contributed by atoms with E-state index in [1.54, 1.807) is 11.0 Å². The van der Waals surface area contributed by atoms with Gasteiger partial charge in [-0.1, -0.05) is 19.1 Å². The number of nitrogens with one attached hydrogen (secondary N) is 1. The normalized spacial score (nSPS) is 11.8. The minimum Gasteiger partial charge on any atom is -0.372 e. The van der Waals surface area contributed by atoms with Gasteiger partial charge in [0.15, 0.2) is 0 Å². The van der Waals surface area contributed by atoms with Crippen LogP contribution >= 0.6 is 0 Å². The van der Waals surface area contributed by atoms with Gasteiger partial charge < -0.3 is 10.2 Å². The zero-order valence-corrected chi connectivity index (χ0v) is 16.7. The molecule has 0 spiro atoms. The molecule has 28 heavy (non-hydrogen) atoms. The molecule has 0 aliphatic rings. The molecule has 6 heteroatoms. The summed E-state index contributed by atoms with van der Waals surface area (Å²) in [6.07, 6.45) is 4.26. The number of anilines is 1. The Kier molecular flexibility index (Phi) is 6.42. The second kappa shape index (κ2) is 9.17. The lowest BCUT2D eigenvalue weighted by atomic mass is 10.1. The molecule has 3 aromatic rings. The quantitative estimate of drug-likeness (QED) is 0.645. The van der Waals surface area contributed by atoms with Crippen molar-refractivity contribution in [3.05, 3.63) is 72.3 Å². The zero-order chi connectivity index (χ0) is 19.9. The lowest BCUT2D eigenvalue weighted by Gasteiger charge is -2.22.